The standard InChI is InChI=1S/C9H8BrNO2S/c1-12-7-2-3-14-9(7)8-6(4-10)11-5-13-8/h2-3,5H,4H2,1H3. The minimum Gasteiger partial charge on any atom is -0.495 e. The second-order valence-corrected chi connectivity index (χ2v) is 4.06. The van der Waals surface area contributed by atoms with Crippen LogP contribution in [0.4, 0.5) is 0 Å². The lowest BCUT2D eigenvalue weighted by Gasteiger charge is -1.99. The van der Waals surface area contributed by atoms with Crippen LogP contribution in [0.2, 0.25) is 0 Å². The van der Waals surface area contributed by atoms with E-state index in [1.807, 2.05) is 11.4 Å². The Kier molecular flexibility index (Phi) is 2.88. The molecule has 2 aromatic heterocycles. The van der Waals surface area contributed by atoms with E-state index in [2.05, 4.69) is 20.9 Å². The lowest BCUT2D eigenvalue weighted by molar-refractivity contribution is 0.416. The topological polar surface area (TPSA) is 35.3 Å². The molecule has 0 radical (unpaired) electrons. The summed E-state index contributed by atoms with van der Waals surface area (Å²) in [6.45, 7) is 0. The summed E-state index contributed by atoms with van der Waals surface area (Å²) < 4.78 is 10.5. The number of hydrogen-bond acceptors (Lipinski definition) is 4. The van der Waals surface area contributed by atoms with Crippen molar-refractivity contribution in [2.24, 2.45) is 0 Å². The first-order valence-corrected chi connectivity index (χ1v) is 5.97. The summed E-state index contributed by atoms with van der Waals surface area (Å²) in [6.07, 6.45) is 1.45. The fraction of sp³-hybridized carbons (Fsp3) is 0.222. The third-order valence-electron chi connectivity index (χ3n) is 1.82. The molecule has 0 saturated carbocycles. The number of thiophene rings is 1. The van der Waals surface area contributed by atoms with Crippen molar-refractivity contribution < 1.29 is 9.15 Å². The monoisotopic (exact) mass is 273 g/mol. The van der Waals surface area contributed by atoms with Crippen molar-refractivity contribution in [3.63, 3.8) is 0 Å². The first-order valence-electron chi connectivity index (χ1n) is 3.97. The summed E-state index contributed by atoms with van der Waals surface area (Å²) in [5.74, 6) is 1.61. The number of aromatic nitrogens is 1. The maximum atomic E-state index is 5.33. The van der Waals surface area contributed by atoms with Crippen LogP contribution in [-0.4, -0.2) is 12.1 Å². The molecule has 2 aromatic rings. The van der Waals surface area contributed by atoms with Gasteiger partial charge in [0.25, 0.3) is 0 Å². The average Bonchev–Trinajstić information content (AvgIpc) is 2.85. The number of alkyl halides is 1. The Morgan fingerprint density at radius 3 is 3.21 bits per heavy atom. The van der Waals surface area contributed by atoms with Crippen molar-refractivity contribution >= 4 is 27.3 Å². The first kappa shape index (κ1) is 9.73. The number of rotatable bonds is 3. The van der Waals surface area contributed by atoms with Crippen molar-refractivity contribution in [3.05, 3.63) is 23.5 Å². The molecule has 0 aliphatic rings. The van der Waals surface area contributed by atoms with Gasteiger partial charge in [-0.2, -0.15) is 0 Å². The second-order valence-electron chi connectivity index (χ2n) is 2.58. The second kappa shape index (κ2) is 4.14. The molecule has 0 bridgehead atoms. The van der Waals surface area contributed by atoms with Crippen molar-refractivity contribution in [3.8, 4) is 16.4 Å². The van der Waals surface area contributed by atoms with Gasteiger partial charge in [-0.1, -0.05) is 15.9 Å². The van der Waals surface area contributed by atoms with Gasteiger partial charge in [0.2, 0.25) is 0 Å². The van der Waals surface area contributed by atoms with E-state index in [4.69, 9.17) is 9.15 Å². The summed E-state index contributed by atoms with van der Waals surface area (Å²) in [5, 5.41) is 2.65. The lowest BCUT2D eigenvalue weighted by Crippen LogP contribution is -1.84. The highest BCUT2D eigenvalue weighted by Crippen LogP contribution is 2.37. The fourth-order valence-electron chi connectivity index (χ4n) is 1.17. The highest BCUT2D eigenvalue weighted by atomic mass is 79.9. The molecule has 14 heavy (non-hydrogen) atoms. The van der Waals surface area contributed by atoms with Crippen LogP contribution >= 0.6 is 27.3 Å². The maximum absolute atomic E-state index is 5.33. The normalized spacial score (nSPS) is 10.4. The van der Waals surface area contributed by atoms with E-state index >= 15 is 0 Å². The SMILES string of the molecule is COc1ccsc1-c1ocnc1CBr. The molecular weight excluding hydrogens is 266 g/mol. The molecule has 3 nitrogen and oxygen atoms in total. The molecule has 0 aromatic carbocycles. The number of hydrogen-bond donors (Lipinski definition) is 0. The average molecular weight is 274 g/mol. The smallest absolute Gasteiger partial charge is 0.181 e. The predicted octanol–water partition coefficient (Wildman–Crippen LogP) is 3.31. The molecule has 0 spiro atoms. The highest BCUT2D eigenvalue weighted by molar-refractivity contribution is 9.08. The van der Waals surface area contributed by atoms with Crippen LogP contribution in [0.25, 0.3) is 10.6 Å². The maximum Gasteiger partial charge on any atom is 0.181 e. The Morgan fingerprint density at radius 1 is 1.64 bits per heavy atom. The molecule has 0 amide bonds. The molecule has 2 heterocycles. The largest absolute Gasteiger partial charge is 0.495 e. The van der Waals surface area contributed by atoms with Crippen LogP contribution in [-0.2, 0) is 5.33 Å². The van der Waals surface area contributed by atoms with Crippen molar-refractivity contribution in [2.45, 2.75) is 5.33 Å². The number of oxazole rings is 1. The molecule has 0 fully saturated rings. The van der Waals surface area contributed by atoms with Crippen LogP contribution < -0.4 is 4.74 Å². The van der Waals surface area contributed by atoms with E-state index in [1.54, 1.807) is 18.4 Å². The van der Waals surface area contributed by atoms with Gasteiger partial charge >= 0.3 is 0 Å². The number of halogens is 1. The summed E-state index contributed by atoms with van der Waals surface area (Å²) in [5.41, 5.74) is 0.894. The van der Waals surface area contributed by atoms with Gasteiger partial charge < -0.3 is 9.15 Å². The molecule has 0 N–H and O–H groups in total. The highest BCUT2D eigenvalue weighted by Gasteiger charge is 2.15. The molecule has 0 aliphatic heterocycles. The Morgan fingerprint density at radius 2 is 2.50 bits per heavy atom. The zero-order chi connectivity index (χ0) is 9.97. The van der Waals surface area contributed by atoms with E-state index < -0.39 is 0 Å². The summed E-state index contributed by atoms with van der Waals surface area (Å²) in [7, 11) is 1.65. The minimum absolute atomic E-state index is 0.680. The van der Waals surface area contributed by atoms with Crippen LogP contribution in [0, 0.1) is 0 Å². The van der Waals surface area contributed by atoms with Gasteiger partial charge in [0.05, 0.1) is 12.8 Å². The Hall–Kier alpha value is -0.810. The van der Waals surface area contributed by atoms with Gasteiger partial charge in [-0.15, -0.1) is 11.3 Å². The van der Waals surface area contributed by atoms with Crippen molar-refractivity contribution in [2.75, 3.05) is 7.11 Å². The van der Waals surface area contributed by atoms with E-state index in [0.717, 1.165) is 22.1 Å². The molecule has 0 atom stereocenters. The third kappa shape index (κ3) is 1.57. The lowest BCUT2D eigenvalue weighted by atomic mass is 10.3. The van der Waals surface area contributed by atoms with Crippen molar-refractivity contribution in [1.29, 1.82) is 0 Å². The van der Waals surface area contributed by atoms with Crippen LogP contribution in [0.5, 0.6) is 5.75 Å². The third-order valence-corrected chi connectivity index (χ3v) is 3.25. The van der Waals surface area contributed by atoms with Gasteiger partial charge in [0.1, 0.15) is 10.6 Å². The predicted molar refractivity (Wildman–Crippen MR) is 59.0 cm³/mol. The molecule has 2 rings (SSSR count). The zero-order valence-corrected chi connectivity index (χ0v) is 9.89. The quantitative estimate of drug-likeness (QED) is 0.805. The number of nitrogens with zero attached hydrogens (tertiary/aromatic N) is 1. The van der Waals surface area contributed by atoms with Gasteiger partial charge in [-0.3, -0.25) is 0 Å². The van der Waals surface area contributed by atoms with Gasteiger partial charge in [0.15, 0.2) is 12.2 Å². The van der Waals surface area contributed by atoms with E-state index in [1.165, 1.54) is 6.39 Å². The molecule has 0 saturated heterocycles. The summed E-state index contributed by atoms with van der Waals surface area (Å²) >= 11 is 4.94. The Balaban J connectivity index is 2.48. The van der Waals surface area contributed by atoms with Crippen LogP contribution in [0.1, 0.15) is 5.69 Å². The molecule has 74 valence electrons. The van der Waals surface area contributed by atoms with Gasteiger partial charge in [0, 0.05) is 5.33 Å². The molecule has 0 unspecified atom stereocenters. The minimum atomic E-state index is 0.680. The van der Waals surface area contributed by atoms with E-state index in [0.29, 0.717) is 5.33 Å². The van der Waals surface area contributed by atoms with E-state index in [-0.39, 0.29) is 0 Å². The summed E-state index contributed by atoms with van der Waals surface area (Å²) in [6, 6.07) is 1.92. The van der Waals surface area contributed by atoms with Crippen LogP contribution in [0.3, 0.4) is 0 Å². The van der Waals surface area contributed by atoms with Crippen LogP contribution in [0.15, 0.2) is 22.3 Å². The summed E-state index contributed by atoms with van der Waals surface area (Å²) in [4.78, 5) is 5.09. The number of methoxy groups -OCH3 is 1. The van der Waals surface area contributed by atoms with E-state index in [9.17, 15) is 0 Å². The fourth-order valence-corrected chi connectivity index (χ4v) is 2.44. The molecule has 0 aliphatic carbocycles. The first-order chi connectivity index (χ1) is 6.86. The Labute approximate surface area is 93.9 Å². The number of ether oxygens (including phenoxy) is 1. The zero-order valence-electron chi connectivity index (χ0n) is 7.49. The molecular formula is C9H8BrNO2S. The van der Waals surface area contributed by atoms with Gasteiger partial charge in [-0.05, 0) is 11.4 Å². The Bertz CT molecular complexity index is 384. The van der Waals surface area contributed by atoms with Gasteiger partial charge in [-0.25, -0.2) is 4.98 Å². The molecule has 5 heteroatoms. The van der Waals surface area contributed by atoms with Crippen molar-refractivity contribution in [1.82, 2.24) is 4.98 Å².